The first-order valence-electron chi connectivity index (χ1n) is 3.01. The third-order valence-electron chi connectivity index (χ3n) is 1.39. The number of halogens is 1. The molecule has 0 rings (SSSR count). The number of aliphatic carboxylic acids is 1. The molecule has 0 aromatic rings. The average molecular weight is 168 g/mol. The molecule has 0 spiro atoms. The maximum absolute atomic E-state index is 10.1. The van der Waals surface area contributed by atoms with Crippen molar-refractivity contribution in [2.45, 2.75) is 26.3 Å². The largest absolute Gasteiger partial charge is 0.481 e. The van der Waals surface area contributed by atoms with Crippen molar-refractivity contribution in [3.8, 4) is 0 Å². The van der Waals surface area contributed by atoms with Gasteiger partial charge in [-0.05, 0) is 12.8 Å². The first-order chi connectivity index (χ1) is 4.04. The summed E-state index contributed by atoms with van der Waals surface area (Å²) >= 11 is 0. The van der Waals surface area contributed by atoms with Crippen LogP contribution in [0.2, 0.25) is 0 Å². The zero-order valence-electron chi connectivity index (χ0n) is 6.20. The van der Waals surface area contributed by atoms with E-state index in [-0.39, 0.29) is 30.8 Å². The molecule has 0 aromatic heterocycles. The molecule has 0 heterocycles. The number of nitrogens with two attached hydrogens (primary N) is 1. The second kappa shape index (κ2) is 5.50. The summed E-state index contributed by atoms with van der Waals surface area (Å²) in [5.74, 6) is -0.706. The number of rotatable bonds is 3. The van der Waals surface area contributed by atoms with Gasteiger partial charge in [-0.3, -0.25) is 4.79 Å². The zero-order valence-corrected chi connectivity index (χ0v) is 7.02. The van der Waals surface area contributed by atoms with Gasteiger partial charge in [0.15, 0.2) is 0 Å². The molecule has 0 saturated heterocycles. The lowest BCUT2D eigenvalue weighted by Crippen LogP contribution is -2.26. The Kier molecular flexibility index (Phi) is 6.82. The second-order valence-corrected chi connectivity index (χ2v) is 2.43. The van der Waals surface area contributed by atoms with Gasteiger partial charge in [0.1, 0.15) is 0 Å². The van der Waals surface area contributed by atoms with Gasteiger partial charge in [0.25, 0.3) is 0 Å². The Bertz CT molecular complexity index is 106. The maximum Gasteiger partial charge on any atom is 0.303 e. The van der Waals surface area contributed by atoms with Gasteiger partial charge in [-0.2, -0.15) is 0 Å². The fourth-order valence-corrected chi connectivity index (χ4v) is 0.461. The van der Waals surface area contributed by atoms with Crippen molar-refractivity contribution < 1.29 is 9.90 Å². The molecule has 0 aliphatic heterocycles. The topological polar surface area (TPSA) is 63.3 Å². The van der Waals surface area contributed by atoms with E-state index in [1.165, 1.54) is 0 Å². The molecule has 0 bridgehead atoms. The number of hydrogen-bond acceptors (Lipinski definition) is 2. The van der Waals surface area contributed by atoms with Crippen LogP contribution in [0, 0.1) is 5.92 Å². The molecule has 0 aliphatic rings. The Hall–Kier alpha value is -0.280. The van der Waals surface area contributed by atoms with E-state index >= 15 is 0 Å². The minimum Gasteiger partial charge on any atom is -0.481 e. The van der Waals surface area contributed by atoms with Gasteiger partial charge in [0.05, 0.1) is 0 Å². The highest BCUT2D eigenvalue weighted by Gasteiger charge is 2.10. The summed E-state index contributed by atoms with van der Waals surface area (Å²) in [5, 5.41) is 8.28. The van der Waals surface area contributed by atoms with E-state index in [2.05, 4.69) is 0 Å². The van der Waals surface area contributed by atoms with Crippen LogP contribution in [-0.4, -0.2) is 17.1 Å². The Balaban J connectivity index is 0. The molecule has 62 valence electrons. The summed E-state index contributed by atoms with van der Waals surface area (Å²) in [6.45, 7) is 3.65. The van der Waals surface area contributed by atoms with E-state index in [0.29, 0.717) is 0 Å². The fraction of sp³-hybridized carbons (Fsp3) is 0.833. The molecule has 0 amide bonds. The third-order valence-corrected chi connectivity index (χ3v) is 1.39. The molecule has 2 unspecified atom stereocenters. The SMILES string of the molecule is CC(N)C(C)CC(=O)O.Cl. The summed E-state index contributed by atoms with van der Waals surface area (Å²) in [4.78, 5) is 10.1. The van der Waals surface area contributed by atoms with Crippen LogP contribution in [0.4, 0.5) is 0 Å². The number of carboxylic acid groups (broad SMARTS) is 1. The molecule has 3 nitrogen and oxygen atoms in total. The van der Waals surface area contributed by atoms with Gasteiger partial charge < -0.3 is 10.8 Å². The van der Waals surface area contributed by atoms with Crippen molar-refractivity contribution in [1.29, 1.82) is 0 Å². The van der Waals surface area contributed by atoms with Crippen LogP contribution in [0.25, 0.3) is 0 Å². The maximum atomic E-state index is 10.1. The van der Waals surface area contributed by atoms with Crippen molar-refractivity contribution in [3.63, 3.8) is 0 Å². The standard InChI is InChI=1S/C6H13NO2.ClH/c1-4(5(2)7)3-6(8)9;/h4-5H,3,7H2,1-2H3,(H,8,9);1H. The molecular weight excluding hydrogens is 154 g/mol. The summed E-state index contributed by atoms with van der Waals surface area (Å²) in [7, 11) is 0. The van der Waals surface area contributed by atoms with Gasteiger partial charge in [-0.1, -0.05) is 6.92 Å². The van der Waals surface area contributed by atoms with Crippen LogP contribution in [0.5, 0.6) is 0 Å². The lowest BCUT2D eigenvalue weighted by atomic mass is 10.0. The van der Waals surface area contributed by atoms with Crippen LogP contribution >= 0.6 is 12.4 Å². The average Bonchev–Trinajstić information content (AvgIpc) is 1.63. The van der Waals surface area contributed by atoms with Crippen molar-refractivity contribution in [2.75, 3.05) is 0 Å². The monoisotopic (exact) mass is 167 g/mol. The van der Waals surface area contributed by atoms with Crippen LogP contribution in [0.15, 0.2) is 0 Å². The molecule has 3 N–H and O–H groups in total. The van der Waals surface area contributed by atoms with Crippen LogP contribution in [0.1, 0.15) is 20.3 Å². The van der Waals surface area contributed by atoms with Crippen molar-refractivity contribution >= 4 is 18.4 Å². The summed E-state index contributed by atoms with van der Waals surface area (Å²) in [6.07, 6.45) is 0.164. The molecule has 0 radical (unpaired) electrons. The molecule has 4 heteroatoms. The lowest BCUT2D eigenvalue weighted by Gasteiger charge is -2.11. The van der Waals surface area contributed by atoms with E-state index in [1.807, 2.05) is 13.8 Å². The van der Waals surface area contributed by atoms with Crippen LogP contribution < -0.4 is 5.73 Å². The van der Waals surface area contributed by atoms with E-state index < -0.39 is 5.97 Å². The van der Waals surface area contributed by atoms with E-state index in [1.54, 1.807) is 0 Å². The molecule has 10 heavy (non-hydrogen) atoms. The van der Waals surface area contributed by atoms with E-state index in [0.717, 1.165) is 0 Å². The van der Waals surface area contributed by atoms with Gasteiger partial charge in [0, 0.05) is 12.5 Å². The second-order valence-electron chi connectivity index (χ2n) is 2.43. The minimum absolute atomic E-state index is 0. The van der Waals surface area contributed by atoms with Gasteiger partial charge in [-0.15, -0.1) is 12.4 Å². The van der Waals surface area contributed by atoms with Crippen LogP contribution in [0.3, 0.4) is 0 Å². The molecule has 0 aliphatic carbocycles. The molecular formula is C6H14ClNO2. The first kappa shape index (κ1) is 12.4. The highest BCUT2D eigenvalue weighted by molar-refractivity contribution is 5.85. The van der Waals surface area contributed by atoms with Crippen molar-refractivity contribution in [2.24, 2.45) is 11.7 Å². The predicted molar refractivity (Wildman–Crippen MR) is 42.3 cm³/mol. The summed E-state index contributed by atoms with van der Waals surface area (Å²) in [5.41, 5.74) is 5.42. The minimum atomic E-state index is -0.778. The van der Waals surface area contributed by atoms with Gasteiger partial charge in [-0.25, -0.2) is 0 Å². The quantitative estimate of drug-likeness (QED) is 0.656. The highest BCUT2D eigenvalue weighted by Crippen LogP contribution is 2.04. The van der Waals surface area contributed by atoms with Crippen molar-refractivity contribution in [3.05, 3.63) is 0 Å². The number of carbonyl (C=O) groups is 1. The highest BCUT2D eigenvalue weighted by atomic mass is 35.5. The van der Waals surface area contributed by atoms with E-state index in [4.69, 9.17) is 10.8 Å². The Morgan fingerprint density at radius 2 is 2.00 bits per heavy atom. The Morgan fingerprint density at radius 3 is 2.10 bits per heavy atom. The molecule has 0 saturated carbocycles. The predicted octanol–water partition coefficient (Wildman–Crippen LogP) is 0.866. The Morgan fingerprint density at radius 1 is 1.60 bits per heavy atom. The fourth-order valence-electron chi connectivity index (χ4n) is 0.461. The zero-order chi connectivity index (χ0) is 7.44. The lowest BCUT2D eigenvalue weighted by molar-refractivity contribution is -0.138. The molecule has 2 atom stereocenters. The molecule has 0 aromatic carbocycles. The first-order valence-corrected chi connectivity index (χ1v) is 3.01. The van der Waals surface area contributed by atoms with Gasteiger partial charge in [0.2, 0.25) is 0 Å². The molecule has 0 fully saturated rings. The smallest absolute Gasteiger partial charge is 0.303 e. The number of hydrogen-bond donors (Lipinski definition) is 2. The van der Waals surface area contributed by atoms with Crippen LogP contribution in [-0.2, 0) is 4.79 Å². The summed E-state index contributed by atoms with van der Waals surface area (Å²) in [6, 6.07) is -0.0268. The van der Waals surface area contributed by atoms with E-state index in [9.17, 15) is 4.79 Å². The summed E-state index contributed by atoms with van der Waals surface area (Å²) < 4.78 is 0. The Labute approximate surface area is 67.0 Å². The van der Waals surface area contributed by atoms with Crippen molar-refractivity contribution in [1.82, 2.24) is 0 Å². The number of carboxylic acids is 1. The normalized spacial score (nSPS) is 15.1. The van der Waals surface area contributed by atoms with Gasteiger partial charge >= 0.3 is 5.97 Å². The third kappa shape index (κ3) is 5.85.